The normalized spacial score (nSPS) is 11.3. The van der Waals surface area contributed by atoms with Crippen LogP contribution in [0.2, 0.25) is 5.02 Å². The number of H-pyrrole nitrogens is 1. The van der Waals surface area contributed by atoms with Crippen LogP contribution in [0.3, 0.4) is 0 Å². The van der Waals surface area contributed by atoms with Crippen LogP contribution in [0.5, 0.6) is 0 Å². The smallest absolute Gasteiger partial charge is 0.191 e. The Hall–Kier alpha value is -2.31. The molecule has 4 aromatic rings. The summed E-state index contributed by atoms with van der Waals surface area (Å²) < 4.78 is 16.0. The number of aromatic nitrogens is 4. The molecule has 0 bridgehead atoms. The highest BCUT2D eigenvalue weighted by Crippen LogP contribution is 2.32. The lowest BCUT2D eigenvalue weighted by molar-refractivity contribution is 0.617. The highest BCUT2D eigenvalue weighted by molar-refractivity contribution is 7.98. The highest BCUT2D eigenvalue weighted by Gasteiger charge is 2.17. The third-order valence-corrected chi connectivity index (χ3v) is 5.62. The molecule has 132 valence electrons. The number of hydrogen-bond donors (Lipinski definition) is 1. The molecule has 0 saturated heterocycles. The van der Waals surface area contributed by atoms with Gasteiger partial charge < -0.3 is 9.55 Å². The van der Waals surface area contributed by atoms with Gasteiger partial charge in [-0.1, -0.05) is 47.6 Å². The van der Waals surface area contributed by atoms with Crippen molar-refractivity contribution in [2.45, 2.75) is 24.4 Å². The molecule has 2 aromatic heterocycles. The topological polar surface area (TPSA) is 46.5 Å². The summed E-state index contributed by atoms with van der Waals surface area (Å²) in [7, 11) is 0. The number of halogens is 2. The van der Waals surface area contributed by atoms with Gasteiger partial charge in [-0.25, -0.2) is 4.39 Å². The molecule has 0 saturated carbocycles. The van der Waals surface area contributed by atoms with Gasteiger partial charge in [-0.15, -0.1) is 10.2 Å². The van der Waals surface area contributed by atoms with Crippen molar-refractivity contribution in [3.8, 4) is 11.4 Å². The number of para-hydroxylation sites is 1. The Morgan fingerprint density at radius 1 is 1.15 bits per heavy atom. The summed E-state index contributed by atoms with van der Waals surface area (Å²) >= 11 is 7.55. The molecular formula is C19H16ClFN4S. The van der Waals surface area contributed by atoms with E-state index < -0.39 is 0 Å². The molecule has 1 N–H and O–H groups in total. The Morgan fingerprint density at radius 2 is 2.00 bits per heavy atom. The van der Waals surface area contributed by atoms with Crippen LogP contribution in [0, 0.1) is 5.82 Å². The fourth-order valence-corrected chi connectivity index (χ4v) is 4.29. The number of fused-ring (bicyclic) bond motifs is 1. The fourth-order valence-electron chi connectivity index (χ4n) is 2.94. The first-order chi connectivity index (χ1) is 12.7. The van der Waals surface area contributed by atoms with E-state index >= 15 is 0 Å². The number of aromatic amines is 1. The van der Waals surface area contributed by atoms with E-state index in [0.29, 0.717) is 16.3 Å². The lowest BCUT2D eigenvalue weighted by Crippen LogP contribution is -2.00. The number of thioether (sulfide) groups is 1. The molecule has 0 atom stereocenters. The zero-order chi connectivity index (χ0) is 18.1. The first-order valence-electron chi connectivity index (χ1n) is 8.24. The van der Waals surface area contributed by atoms with Gasteiger partial charge in [0.25, 0.3) is 0 Å². The summed E-state index contributed by atoms with van der Waals surface area (Å²) in [6.07, 6.45) is 1.95. The second-order valence-electron chi connectivity index (χ2n) is 5.79. The predicted molar refractivity (Wildman–Crippen MR) is 104 cm³/mol. The molecule has 0 aliphatic rings. The van der Waals surface area contributed by atoms with E-state index in [1.807, 2.05) is 35.9 Å². The third-order valence-electron chi connectivity index (χ3n) is 4.27. The lowest BCUT2D eigenvalue weighted by atomic mass is 10.1. The molecule has 26 heavy (non-hydrogen) atoms. The van der Waals surface area contributed by atoms with Crippen molar-refractivity contribution in [2.24, 2.45) is 0 Å². The van der Waals surface area contributed by atoms with E-state index in [1.54, 1.807) is 12.1 Å². The molecule has 2 heterocycles. The first-order valence-corrected chi connectivity index (χ1v) is 9.60. The molecule has 7 heteroatoms. The second kappa shape index (κ2) is 7.13. The van der Waals surface area contributed by atoms with Gasteiger partial charge in [-0.2, -0.15) is 0 Å². The van der Waals surface area contributed by atoms with Crippen molar-refractivity contribution in [3.63, 3.8) is 0 Å². The molecule has 0 spiro atoms. The maximum Gasteiger partial charge on any atom is 0.191 e. The van der Waals surface area contributed by atoms with Crippen LogP contribution < -0.4 is 0 Å². The molecule has 0 fully saturated rings. The van der Waals surface area contributed by atoms with Crippen molar-refractivity contribution >= 4 is 34.3 Å². The molecule has 0 amide bonds. The van der Waals surface area contributed by atoms with E-state index in [4.69, 9.17) is 11.6 Å². The molecule has 0 unspecified atom stereocenters. The molecule has 2 aromatic carbocycles. The van der Waals surface area contributed by atoms with Gasteiger partial charge in [0.1, 0.15) is 5.82 Å². The SMILES string of the molecule is CCn1c(SCc2c(F)cccc2Cl)nnc1-c1c[nH]c2ccccc12. The minimum absolute atomic E-state index is 0.301. The van der Waals surface area contributed by atoms with E-state index in [2.05, 4.69) is 21.2 Å². The Labute approximate surface area is 159 Å². The zero-order valence-electron chi connectivity index (χ0n) is 14.0. The van der Waals surface area contributed by atoms with Gasteiger partial charge >= 0.3 is 0 Å². The minimum atomic E-state index is -0.301. The summed E-state index contributed by atoms with van der Waals surface area (Å²) in [5.74, 6) is 0.897. The van der Waals surface area contributed by atoms with Crippen molar-refractivity contribution in [3.05, 3.63) is 65.1 Å². The summed E-state index contributed by atoms with van der Waals surface area (Å²) in [5.41, 5.74) is 2.55. The first kappa shape index (κ1) is 17.1. The number of nitrogens with one attached hydrogen (secondary N) is 1. The summed E-state index contributed by atoms with van der Waals surface area (Å²) in [6.45, 7) is 2.76. The Morgan fingerprint density at radius 3 is 2.81 bits per heavy atom. The summed E-state index contributed by atoms with van der Waals surface area (Å²) in [4.78, 5) is 3.27. The molecule has 0 radical (unpaired) electrons. The van der Waals surface area contributed by atoms with Crippen molar-refractivity contribution < 1.29 is 4.39 Å². The largest absolute Gasteiger partial charge is 0.360 e. The second-order valence-corrected chi connectivity index (χ2v) is 7.14. The quantitative estimate of drug-likeness (QED) is 0.458. The molecule has 4 rings (SSSR count). The van der Waals surface area contributed by atoms with E-state index in [1.165, 1.54) is 17.8 Å². The minimum Gasteiger partial charge on any atom is -0.360 e. The predicted octanol–water partition coefficient (Wildman–Crippen LogP) is 5.53. The van der Waals surface area contributed by atoms with E-state index in [-0.39, 0.29) is 5.82 Å². The van der Waals surface area contributed by atoms with Crippen LogP contribution in [0.4, 0.5) is 4.39 Å². The van der Waals surface area contributed by atoms with Crippen molar-refractivity contribution in [1.29, 1.82) is 0 Å². The van der Waals surface area contributed by atoms with Gasteiger partial charge in [-0.05, 0) is 25.1 Å². The van der Waals surface area contributed by atoms with Crippen LogP contribution in [0.25, 0.3) is 22.3 Å². The fraction of sp³-hybridized carbons (Fsp3) is 0.158. The number of nitrogens with zero attached hydrogens (tertiary/aromatic N) is 3. The molecule has 0 aliphatic carbocycles. The van der Waals surface area contributed by atoms with Crippen LogP contribution in [-0.2, 0) is 12.3 Å². The monoisotopic (exact) mass is 386 g/mol. The average molecular weight is 387 g/mol. The number of hydrogen-bond acceptors (Lipinski definition) is 3. The molecule has 0 aliphatic heterocycles. The lowest BCUT2D eigenvalue weighted by Gasteiger charge is -2.08. The van der Waals surface area contributed by atoms with Crippen LogP contribution >= 0.6 is 23.4 Å². The van der Waals surface area contributed by atoms with E-state index in [0.717, 1.165) is 34.0 Å². The third kappa shape index (κ3) is 2.99. The number of benzene rings is 2. The Kier molecular flexibility index (Phi) is 4.70. The Bertz CT molecular complexity index is 1050. The van der Waals surface area contributed by atoms with Gasteiger partial charge in [0, 0.05) is 45.5 Å². The van der Waals surface area contributed by atoms with Crippen LogP contribution in [0.15, 0.2) is 53.8 Å². The standard InChI is InChI=1S/C19H16ClFN4S/c1-2-25-18(13-10-22-17-9-4-3-6-12(13)17)23-24-19(25)26-11-14-15(20)7-5-8-16(14)21/h3-10,22H,2,11H2,1H3. The zero-order valence-corrected chi connectivity index (χ0v) is 15.6. The summed E-state index contributed by atoms with van der Waals surface area (Å²) in [6, 6.07) is 12.8. The van der Waals surface area contributed by atoms with Crippen molar-refractivity contribution in [2.75, 3.05) is 0 Å². The number of rotatable bonds is 5. The maximum atomic E-state index is 14.0. The van der Waals surface area contributed by atoms with Crippen LogP contribution in [-0.4, -0.2) is 19.7 Å². The average Bonchev–Trinajstić information content (AvgIpc) is 3.24. The molecule has 4 nitrogen and oxygen atoms in total. The summed E-state index contributed by atoms with van der Waals surface area (Å²) in [5, 5.41) is 11.0. The van der Waals surface area contributed by atoms with Gasteiger partial charge in [0.15, 0.2) is 11.0 Å². The van der Waals surface area contributed by atoms with Gasteiger partial charge in [0.05, 0.1) is 0 Å². The Balaban J connectivity index is 1.67. The highest BCUT2D eigenvalue weighted by atomic mass is 35.5. The van der Waals surface area contributed by atoms with Gasteiger partial charge in [-0.3, -0.25) is 0 Å². The van der Waals surface area contributed by atoms with Crippen molar-refractivity contribution in [1.82, 2.24) is 19.7 Å². The van der Waals surface area contributed by atoms with Crippen LogP contribution in [0.1, 0.15) is 12.5 Å². The molecular weight excluding hydrogens is 371 g/mol. The maximum absolute atomic E-state index is 14.0. The van der Waals surface area contributed by atoms with Gasteiger partial charge in [0.2, 0.25) is 0 Å². The van der Waals surface area contributed by atoms with E-state index in [9.17, 15) is 4.39 Å².